The lowest BCUT2D eigenvalue weighted by Crippen LogP contribution is -2.55. The van der Waals surface area contributed by atoms with Crippen molar-refractivity contribution in [3.63, 3.8) is 0 Å². The zero-order chi connectivity index (χ0) is 21.4. The lowest BCUT2D eigenvalue weighted by molar-refractivity contribution is -0.138. The van der Waals surface area contributed by atoms with Crippen LogP contribution in [0, 0.1) is 6.57 Å². The van der Waals surface area contributed by atoms with E-state index in [1.807, 2.05) is 24.3 Å². The van der Waals surface area contributed by atoms with Crippen LogP contribution in [0.5, 0.6) is 0 Å². The molecule has 6 nitrogen and oxygen atoms in total. The smallest absolute Gasteiger partial charge is 0.338 e. The number of cyclic esters (lactones) is 1. The Labute approximate surface area is 182 Å². The van der Waals surface area contributed by atoms with Gasteiger partial charge in [0.25, 0.3) is 0 Å². The molecule has 0 radical (unpaired) electrons. The predicted octanol–water partition coefficient (Wildman–Crippen LogP) is 3.15. The van der Waals surface area contributed by atoms with E-state index >= 15 is 0 Å². The van der Waals surface area contributed by atoms with Crippen LogP contribution in [0.3, 0.4) is 0 Å². The normalized spacial score (nSPS) is 20.7. The number of ether oxygens (including phenoxy) is 1. The van der Waals surface area contributed by atoms with Gasteiger partial charge in [0.15, 0.2) is 5.69 Å². The van der Waals surface area contributed by atoms with E-state index in [0.29, 0.717) is 24.4 Å². The highest BCUT2D eigenvalue weighted by Gasteiger charge is 2.31. The number of hydrogen-bond donors (Lipinski definition) is 0. The summed E-state index contributed by atoms with van der Waals surface area (Å²) < 4.78 is 5.08. The Hall–Kier alpha value is -3.17. The first-order chi connectivity index (χ1) is 15.1. The van der Waals surface area contributed by atoms with Crippen LogP contribution in [-0.4, -0.2) is 53.9 Å². The summed E-state index contributed by atoms with van der Waals surface area (Å²) in [5.74, 6) is -0.0223. The van der Waals surface area contributed by atoms with Crippen LogP contribution in [0.25, 0.3) is 4.85 Å². The average Bonchev–Trinajstić information content (AvgIpc) is 3.17. The van der Waals surface area contributed by atoms with Crippen molar-refractivity contribution in [3.05, 3.63) is 75.6 Å². The van der Waals surface area contributed by atoms with Crippen molar-refractivity contribution in [3.8, 4) is 0 Å². The zero-order valence-corrected chi connectivity index (χ0v) is 17.5. The maximum atomic E-state index is 12.9. The third kappa shape index (κ3) is 3.94. The van der Waals surface area contributed by atoms with Gasteiger partial charge >= 0.3 is 5.97 Å². The van der Waals surface area contributed by atoms with E-state index in [9.17, 15) is 9.59 Å². The van der Waals surface area contributed by atoms with Crippen LogP contribution in [0.4, 0.5) is 5.69 Å². The molecule has 158 valence electrons. The van der Waals surface area contributed by atoms with Gasteiger partial charge in [0.2, 0.25) is 5.91 Å². The highest BCUT2D eigenvalue weighted by atomic mass is 16.5. The Bertz CT molecular complexity index is 1090. The van der Waals surface area contributed by atoms with Crippen molar-refractivity contribution in [2.24, 2.45) is 0 Å². The quantitative estimate of drug-likeness (QED) is 0.569. The molecule has 1 aliphatic carbocycles. The van der Waals surface area contributed by atoms with Crippen LogP contribution < -0.4 is 0 Å². The molecule has 0 spiro atoms. The second-order valence-electron chi connectivity index (χ2n) is 8.64. The molecule has 31 heavy (non-hydrogen) atoms. The number of piperazine rings is 1. The third-order valence-corrected chi connectivity index (χ3v) is 6.76. The van der Waals surface area contributed by atoms with Gasteiger partial charge in [-0.25, -0.2) is 9.64 Å². The second kappa shape index (κ2) is 8.16. The number of rotatable bonds is 4. The van der Waals surface area contributed by atoms with Gasteiger partial charge in [-0.15, -0.1) is 0 Å². The van der Waals surface area contributed by atoms with Crippen LogP contribution in [0.15, 0.2) is 36.4 Å². The molecule has 0 N–H and O–H groups in total. The average molecular weight is 415 g/mol. The lowest BCUT2D eigenvalue weighted by Gasteiger charge is -2.41. The van der Waals surface area contributed by atoms with E-state index in [4.69, 9.17) is 11.3 Å². The first kappa shape index (κ1) is 19.8. The molecule has 1 saturated heterocycles. The summed E-state index contributed by atoms with van der Waals surface area (Å²) in [7, 11) is 0. The van der Waals surface area contributed by atoms with Crippen molar-refractivity contribution >= 4 is 17.6 Å². The number of esters is 1. The fraction of sp³-hybridized carbons (Fsp3) is 0.400. The van der Waals surface area contributed by atoms with Gasteiger partial charge in [-0.3, -0.25) is 9.69 Å². The molecule has 5 rings (SSSR count). The number of hydrogen-bond acceptors (Lipinski definition) is 4. The van der Waals surface area contributed by atoms with Crippen molar-refractivity contribution in [1.29, 1.82) is 0 Å². The molecule has 3 aliphatic rings. The number of fused-ring (bicyclic) bond motifs is 2. The molecule has 0 aromatic heterocycles. The molecule has 1 amide bonds. The monoisotopic (exact) mass is 415 g/mol. The summed E-state index contributed by atoms with van der Waals surface area (Å²) >= 11 is 0. The Morgan fingerprint density at radius 2 is 1.97 bits per heavy atom. The third-order valence-electron chi connectivity index (χ3n) is 6.76. The molecule has 2 aromatic carbocycles. The molecular formula is C25H25N3O3. The summed E-state index contributed by atoms with van der Waals surface area (Å²) in [4.78, 5) is 32.3. The van der Waals surface area contributed by atoms with Crippen molar-refractivity contribution in [2.45, 2.75) is 38.3 Å². The topological polar surface area (TPSA) is 54.2 Å². The number of nitrogens with zero attached hydrogens (tertiary/aromatic N) is 3. The molecule has 1 atom stereocenters. The molecule has 6 heteroatoms. The van der Waals surface area contributed by atoms with Gasteiger partial charge in [0.1, 0.15) is 6.61 Å². The Morgan fingerprint density at radius 3 is 2.81 bits per heavy atom. The minimum Gasteiger partial charge on any atom is -0.457 e. The molecule has 0 bridgehead atoms. The predicted molar refractivity (Wildman–Crippen MR) is 116 cm³/mol. The second-order valence-corrected chi connectivity index (χ2v) is 8.64. The van der Waals surface area contributed by atoms with Gasteiger partial charge in [-0.1, -0.05) is 35.9 Å². The highest BCUT2D eigenvalue weighted by Crippen LogP contribution is 2.29. The van der Waals surface area contributed by atoms with Crippen LogP contribution >= 0.6 is 0 Å². The summed E-state index contributed by atoms with van der Waals surface area (Å²) in [6.45, 7) is 10.5. The van der Waals surface area contributed by atoms with Crippen LogP contribution in [0.1, 0.15) is 39.0 Å². The fourth-order valence-electron chi connectivity index (χ4n) is 5.00. The number of amides is 1. The standard InChI is InChI=1S/C25H25N3O3/c1-26-21-5-3-19-14-22(6-4-18(19)13-21)28-11-10-27(15-24(28)29)9-8-17-2-7-23-20(12-17)16-31-25(23)30/h2-3,5,7,12-13,22H,4,6,8-11,14-16H2. The molecule has 0 saturated carbocycles. The largest absolute Gasteiger partial charge is 0.457 e. The molecular weight excluding hydrogens is 390 g/mol. The molecule has 2 aromatic rings. The maximum Gasteiger partial charge on any atom is 0.338 e. The minimum absolute atomic E-state index is 0.213. The van der Waals surface area contributed by atoms with Crippen molar-refractivity contribution in [1.82, 2.24) is 9.80 Å². The zero-order valence-electron chi connectivity index (χ0n) is 17.5. The van der Waals surface area contributed by atoms with Crippen molar-refractivity contribution < 1.29 is 14.3 Å². The first-order valence-corrected chi connectivity index (χ1v) is 10.9. The first-order valence-electron chi connectivity index (χ1n) is 10.9. The Balaban J connectivity index is 1.16. The van der Waals surface area contributed by atoms with E-state index in [1.165, 1.54) is 16.7 Å². The number of carbonyl (C=O) groups excluding carboxylic acids is 2. The molecule has 1 fully saturated rings. The van der Waals surface area contributed by atoms with Gasteiger partial charge in [-0.2, -0.15) is 0 Å². The van der Waals surface area contributed by atoms with E-state index in [-0.39, 0.29) is 17.9 Å². The maximum absolute atomic E-state index is 12.9. The van der Waals surface area contributed by atoms with E-state index < -0.39 is 0 Å². The summed E-state index contributed by atoms with van der Waals surface area (Å²) in [5.41, 5.74) is 6.05. The van der Waals surface area contributed by atoms with Gasteiger partial charge in [0.05, 0.1) is 18.7 Å². The number of benzene rings is 2. The van der Waals surface area contributed by atoms with Crippen LogP contribution in [-0.2, 0) is 35.4 Å². The Kier molecular flexibility index (Phi) is 5.21. The molecule has 1 unspecified atom stereocenters. The molecule has 2 heterocycles. The van der Waals surface area contributed by atoms with Crippen LogP contribution in [0.2, 0.25) is 0 Å². The van der Waals surface area contributed by atoms with Crippen molar-refractivity contribution in [2.75, 3.05) is 26.2 Å². The van der Waals surface area contributed by atoms with E-state index in [0.717, 1.165) is 50.9 Å². The summed E-state index contributed by atoms with van der Waals surface area (Å²) in [6, 6.07) is 12.1. The van der Waals surface area contributed by atoms with E-state index in [2.05, 4.69) is 26.8 Å². The molecule has 2 aliphatic heterocycles. The minimum atomic E-state index is -0.236. The van der Waals surface area contributed by atoms with Gasteiger partial charge < -0.3 is 9.64 Å². The van der Waals surface area contributed by atoms with Gasteiger partial charge in [-0.05, 0) is 42.9 Å². The fourth-order valence-corrected chi connectivity index (χ4v) is 5.00. The number of aryl methyl sites for hydroxylation is 1. The van der Waals surface area contributed by atoms with Gasteiger partial charge in [0, 0.05) is 31.2 Å². The number of carbonyl (C=O) groups is 2. The highest BCUT2D eigenvalue weighted by molar-refractivity contribution is 5.93. The summed E-state index contributed by atoms with van der Waals surface area (Å²) in [5, 5.41) is 0. The SMILES string of the molecule is [C-]#[N+]c1ccc2c(c1)CCC(N1CCN(CCc3ccc4c(c3)COC4=O)CC1=O)C2. The lowest BCUT2D eigenvalue weighted by atomic mass is 9.87. The summed E-state index contributed by atoms with van der Waals surface area (Å²) in [6.07, 6.45) is 3.64. The van der Waals surface area contributed by atoms with E-state index in [1.54, 1.807) is 0 Å². The Morgan fingerprint density at radius 1 is 1.06 bits per heavy atom.